The van der Waals surface area contributed by atoms with E-state index in [1.54, 1.807) is 0 Å². The molecule has 0 spiro atoms. The van der Waals surface area contributed by atoms with E-state index in [1.807, 2.05) is 12.1 Å². The van der Waals surface area contributed by atoms with Crippen molar-refractivity contribution in [3.8, 4) is 6.07 Å². The van der Waals surface area contributed by atoms with Crippen LogP contribution in [0.1, 0.15) is 27.7 Å². The Labute approximate surface area is 75.5 Å². The van der Waals surface area contributed by atoms with Gasteiger partial charge in [0.15, 0.2) is 0 Å². The standard InChI is InChI=1S/C10H18N2/c1-9(2)12(10(3)4)8-6-5-7-11/h5-6,9-10H,8H2,1-4H3/b6-5+. The summed E-state index contributed by atoms with van der Waals surface area (Å²) in [6.07, 6.45) is 3.44. The second-order valence-corrected chi connectivity index (χ2v) is 3.42. The summed E-state index contributed by atoms with van der Waals surface area (Å²) in [4.78, 5) is 2.33. The highest BCUT2D eigenvalue weighted by molar-refractivity contribution is 5.02. The van der Waals surface area contributed by atoms with E-state index < -0.39 is 0 Å². The van der Waals surface area contributed by atoms with Crippen LogP contribution in [0.25, 0.3) is 0 Å². The summed E-state index contributed by atoms with van der Waals surface area (Å²) in [6.45, 7) is 9.53. The quantitative estimate of drug-likeness (QED) is 0.598. The zero-order valence-corrected chi connectivity index (χ0v) is 8.41. The van der Waals surface area contributed by atoms with Crippen molar-refractivity contribution < 1.29 is 0 Å². The Bertz CT molecular complexity index is 167. The van der Waals surface area contributed by atoms with Crippen molar-refractivity contribution in [2.45, 2.75) is 39.8 Å². The van der Waals surface area contributed by atoms with E-state index in [1.165, 1.54) is 6.08 Å². The van der Waals surface area contributed by atoms with Gasteiger partial charge in [0.25, 0.3) is 0 Å². The molecular weight excluding hydrogens is 148 g/mol. The first kappa shape index (κ1) is 11.2. The molecule has 0 bridgehead atoms. The van der Waals surface area contributed by atoms with E-state index >= 15 is 0 Å². The van der Waals surface area contributed by atoms with Crippen LogP contribution in [0, 0.1) is 11.3 Å². The molecule has 0 aromatic rings. The van der Waals surface area contributed by atoms with Crippen molar-refractivity contribution in [3.05, 3.63) is 12.2 Å². The minimum Gasteiger partial charge on any atom is -0.295 e. The van der Waals surface area contributed by atoms with Gasteiger partial charge in [-0.25, -0.2) is 0 Å². The third-order valence-corrected chi connectivity index (χ3v) is 1.84. The zero-order chi connectivity index (χ0) is 9.56. The molecule has 0 amide bonds. The molecule has 2 nitrogen and oxygen atoms in total. The van der Waals surface area contributed by atoms with Gasteiger partial charge in [0.05, 0.1) is 6.07 Å². The Hall–Kier alpha value is -0.810. The fourth-order valence-corrected chi connectivity index (χ4v) is 1.25. The molecule has 0 unspecified atom stereocenters. The second-order valence-electron chi connectivity index (χ2n) is 3.42. The van der Waals surface area contributed by atoms with Gasteiger partial charge in [0.1, 0.15) is 0 Å². The summed E-state index contributed by atoms with van der Waals surface area (Å²) in [5.74, 6) is 0. The molecule has 0 saturated carbocycles. The van der Waals surface area contributed by atoms with Crippen LogP contribution < -0.4 is 0 Å². The highest BCUT2D eigenvalue weighted by Gasteiger charge is 2.10. The third kappa shape index (κ3) is 4.15. The van der Waals surface area contributed by atoms with Crippen molar-refractivity contribution in [1.29, 1.82) is 5.26 Å². The number of nitrogens with zero attached hydrogens (tertiary/aromatic N) is 2. The Morgan fingerprint density at radius 3 is 2.08 bits per heavy atom. The highest BCUT2D eigenvalue weighted by Crippen LogP contribution is 2.03. The number of nitriles is 1. The lowest BCUT2D eigenvalue weighted by molar-refractivity contribution is 0.196. The van der Waals surface area contributed by atoms with E-state index in [0.29, 0.717) is 12.1 Å². The smallest absolute Gasteiger partial charge is 0.0909 e. The van der Waals surface area contributed by atoms with Crippen LogP contribution in [0.3, 0.4) is 0 Å². The van der Waals surface area contributed by atoms with Gasteiger partial charge in [-0.15, -0.1) is 0 Å². The highest BCUT2D eigenvalue weighted by atomic mass is 15.2. The van der Waals surface area contributed by atoms with Crippen LogP contribution in [-0.4, -0.2) is 23.5 Å². The first-order valence-electron chi connectivity index (χ1n) is 4.40. The maximum atomic E-state index is 8.30. The molecule has 12 heavy (non-hydrogen) atoms. The second kappa shape index (κ2) is 5.79. The predicted octanol–water partition coefficient (Wildman–Crippen LogP) is 2.18. The van der Waals surface area contributed by atoms with Gasteiger partial charge in [0, 0.05) is 24.7 Å². The monoisotopic (exact) mass is 166 g/mol. The van der Waals surface area contributed by atoms with Crippen molar-refractivity contribution >= 4 is 0 Å². The summed E-state index contributed by atoms with van der Waals surface area (Å²) in [5, 5.41) is 8.30. The van der Waals surface area contributed by atoms with E-state index in [9.17, 15) is 0 Å². The van der Waals surface area contributed by atoms with E-state index in [2.05, 4.69) is 32.6 Å². The fourth-order valence-electron chi connectivity index (χ4n) is 1.25. The van der Waals surface area contributed by atoms with Crippen molar-refractivity contribution in [2.75, 3.05) is 6.54 Å². The molecule has 0 aliphatic heterocycles. The van der Waals surface area contributed by atoms with Gasteiger partial charge in [-0.3, -0.25) is 4.90 Å². The van der Waals surface area contributed by atoms with Gasteiger partial charge in [-0.2, -0.15) is 5.26 Å². The molecule has 0 saturated heterocycles. The SMILES string of the molecule is CC(C)N(C/C=C/C#N)C(C)C. The Morgan fingerprint density at radius 1 is 1.25 bits per heavy atom. The molecule has 68 valence electrons. The minimum atomic E-state index is 0.536. The number of hydrogen-bond donors (Lipinski definition) is 0. The third-order valence-electron chi connectivity index (χ3n) is 1.84. The molecule has 0 atom stereocenters. The first-order valence-corrected chi connectivity index (χ1v) is 4.40. The molecular formula is C10H18N2. The maximum absolute atomic E-state index is 8.30. The number of hydrogen-bond acceptors (Lipinski definition) is 2. The molecule has 0 aromatic carbocycles. The lowest BCUT2D eigenvalue weighted by Crippen LogP contribution is -2.36. The Balaban J connectivity index is 3.98. The van der Waals surface area contributed by atoms with Gasteiger partial charge in [-0.1, -0.05) is 6.08 Å². The van der Waals surface area contributed by atoms with Crippen LogP contribution in [0.5, 0.6) is 0 Å². The zero-order valence-electron chi connectivity index (χ0n) is 8.41. The van der Waals surface area contributed by atoms with E-state index in [-0.39, 0.29) is 0 Å². The topological polar surface area (TPSA) is 27.0 Å². The van der Waals surface area contributed by atoms with Crippen LogP contribution in [-0.2, 0) is 0 Å². The molecule has 0 radical (unpaired) electrons. The molecule has 0 rings (SSSR count). The molecule has 0 aromatic heterocycles. The fraction of sp³-hybridized carbons (Fsp3) is 0.700. The average molecular weight is 166 g/mol. The molecule has 0 fully saturated rings. The summed E-state index contributed by atoms with van der Waals surface area (Å²) in [6, 6.07) is 3.06. The van der Waals surface area contributed by atoms with E-state index in [4.69, 9.17) is 5.26 Å². The Kier molecular flexibility index (Phi) is 5.40. The van der Waals surface area contributed by atoms with Gasteiger partial charge < -0.3 is 0 Å². The van der Waals surface area contributed by atoms with E-state index in [0.717, 1.165) is 6.54 Å². The van der Waals surface area contributed by atoms with Gasteiger partial charge in [-0.05, 0) is 27.7 Å². The summed E-state index contributed by atoms with van der Waals surface area (Å²) in [7, 11) is 0. The average Bonchev–Trinajstić information content (AvgIpc) is 1.96. The molecule has 2 heteroatoms. The predicted molar refractivity (Wildman–Crippen MR) is 51.7 cm³/mol. The van der Waals surface area contributed by atoms with Crippen LogP contribution in [0.4, 0.5) is 0 Å². The number of rotatable bonds is 4. The van der Waals surface area contributed by atoms with Gasteiger partial charge >= 0.3 is 0 Å². The van der Waals surface area contributed by atoms with Crippen LogP contribution in [0.15, 0.2) is 12.2 Å². The lowest BCUT2D eigenvalue weighted by atomic mass is 10.2. The largest absolute Gasteiger partial charge is 0.295 e. The first-order chi connectivity index (χ1) is 5.59. The lowest BCUT2D eigenvalue weighted by Gasteiger charge is -2.28. The molecule has 0 N–H and O–H groups in total. The summed E-state index contributed by atoms with van der Waals surface area (Å²) < 4.78 is 0. The Morgan fingerprint density at radius 2 is 1.75 bits per heavy atom. The van der Waals surface area contributed by atoms with Gasteiger partial charge in [0.2, 0.25) is 0 Å². The summed E-state index contributed by atoms with van der Waals surface area (Å²) >= 11 is 0. The van der Waals surface area contributed by atoms with Crippen molar-refractivity contribution in [1.82, 2.24) is 4.90 Å². The molecule has 0 heterocycles. The van der Waals surface area contributed by atoms with Crippen LogP contribution in [0.2, 0.25) is 0 Å². The normalized spacial score (nSPS) is 11.8. The molecule has 0 aliphatic carbocycles. The number of allylic oxidation sites excluding steroid dienone is 1. The van der Waals surface area contributed by atoms with Crippen molar-refractivity contribution in [2.24, 2.45) is 0 Å². The maximum Gasteiger partial charge on any atom is 0.0909 e. The molecule has 0 aliphatic rings. The van der Waals surface area contributed by atoms with Crippen LogP contribution >= 0.6 is 0 Å². The minimum absolute atomic E-state index is 0.536. The summed E-state index contributed by atoms with van der Waals surface area (Å²) in [5.41, 5.74) is 0. The van der Waals surface area contributed by atoms with Crippen molar-refractivity contribution in [3.63, 3.8) is 0 Å².